The molecule has 1 unspecified atom stereocenters. The average molecular weight is 275 g/mol. The van der Waals surface area contributed by atoms with E-state index in [1.54, 1.807) is 0 Å². The van der Waals surface area contributed by atoms with E-state index < -0.39 is 6.10 Å². The van der Waals surface area contributed by atoms with Crippen LogP contribution in [0.3, 0.4) is 0 Å². The quantitative estimate of drug-likeness (QED) is 0.279. The lowest BCUT2D eigenvalue weighted by Gasteiger charge is -2.11. The molecule has 0 spiro atoms. The monoisotopic (exact) mass is 275 g/mol. The molecule has 0 saturated heterocycles. The largest absolute Gasteiger partial charge is 0.388 e. The van der Waals surface area contributed by atoms with Crippen molar-refractivity contribution in [3.05, 3.63) is 45.8 Å². The van der Waals surface area contributed by atoms with Crippen LogP contribution in [0.1, 0.15) is 62.7 Å². The summed E-state index contributed by atoms with van der Waals surface area (Å²) in [6.45, 7) is 2.67. The molecule has 0 aliphatic carbocycles. The Morgan fingerprint density at radius 3 is 2.55 bits per heavy atom. The van der Waals surface area contributed by atoms with Crippen LogP contribution < -0.4 is 0 Å². The molecular formula is C16H25N3O. The number of azide groups is 1. The Hall–Kier alpha value is -1.51. The van der Waals surface area contributed by atoms with Gasteiger partial charge in [0.1, 0.15) is 0 Å². The minimum atomic E-state index is -0.460. The molecule has 0 aliphatic heterocycles. The first-order valence-corrected chi connectivity index (χ1v) is 7.55. The van der Waals surface area contributed by atoms with Gasteiger partial charge in [-0.1, -0.05) is 55.6 Å². The van der Waals surface area contributed by atoms with Crippen LogP contribution in [0.2, 0.25) is 0 Å². The van der Waals surface area contributed by atoms with Crippen LogP contribution in [-0.2, 0) is 6.42 Å². The molecule has 110 valence electrons. The average Bonchev–Trinajstić information content (AvgIpc) is 2.48. The van der Waals surface area contributed by atoms with Gasteiger partial charge < -0.3 is 5.11 Å². The highest BCUT2D eigenvalue weighted by atomic mass is 16.3. The van der Waals surface area contributed by atoms with Gasteiger partial charge in [0, 0.05) is 11.5 Å². The highest BCUT2D eigenvalue weighted by Gasteiger charge is 2.06. The van der Waals surface area contributed by atoms with Crippen molar-refractivity contribution < 1.29 is 5.11 Å². The highest BCUT2D eigenvalue weighted by molar-refractivity contribution is 5.24. The number of benzene rings is 1. The van der Waals surface area contributed by atoms with E-state index in [-0.39, 0.29) is 0 Å². The maximum Gasteiger partial charge on any atom is 0.0790 e. The van der Waals surface area contributed by atoms with E-state index in [0.29, 0.717) is 19.4 Å². The molecule has 4 nitrogen and oxygen atoms in total. The van der Waals surface area contributed by atoms with Gasteiger partial charge in [-0.3, -0.25) is 0 Å². The SMILES string of the molecule is CCCCCCc1ccc(C(O)CCCN=[N+]=[N-])cc1. The number of aliphatic hydroxyl groups excluding tert-OH is 1. The van der Waals surface area contributed by atoms with Crippen molar-refractivity contribution in [1.82, 2.24) is 0 Å². The highest BCUT2D eigenvalue weighted by Crippen LogP contribution is 2.19. The van der Waals surface area contributed by atoms with Crippen molar-refractivity contribution in [2.24, 2.45) is 5.11 Å². The molecule has 20 heavy (non-hydrogen) atoms. The van der Waals surface area contributed by atoms with Crippen LogP contribution in [0.25, 0.3) is 10.4 Å². The van der Waals surface area contributed by atoms with Gasteiger partial charge in [-0.15, -0.1) is 0 Å². The number of hydrogen-bond donors (Lipinski definition) is 1. The van der Waals surface area contributed by atoms with E-state index >= 15 is 0 Å². The Balaban J connectivity index is 2.34. The van der Waals surface area contributed by atoms with Crippen molar-refractivity contribution in [1.29, 1.82) is 0 Å². The topological polar surface area (TPSA) is 69.0 Å². The summed E-state index contributed by atoms with van der Waals surface area (Å²) in [6, 6.07) is 8.23. The van der Waals surface area contributed by atoms with E-state index in [1.165, 1.54) is 31.2 Å². The van der Waals surface area contributed by atoms with E-state index in [2.05, 4.69) is 29.1 Å². The molecular weight excluding hydrogens is 250 g/mol. The Labute approximate surface area is 121 Å². The second-order valence-corrected chi connectivity index (χ2v) is 5.16. The van der Waals surface area contributed by atoms with Crippen molar-refractivity contribution in [2.45, 2.75) is 58.0 Å². The number of nitrogens with zero attached hydrogens (tertiary/aromatic N) is 3. The second kappa shape index (κ2) is 10.3. The van der Waals surface area contributed by atoms with E-state index in [0.717, 1.165) is 12.0 Å². The van der Waals surface area contributed by atoms with Crippen LogP contribution in [0.5, 0.6) is 0 Å². The minimum Gasteiger partial charge on any atom is -0.388 e. The lowest BCUT2D eigenvalue weighted by atomic mass is 10.0. The maximum absolute atomic E-state index is 10.0. The summed E-state index contributed by atoms with van der Waals surface area (Å²) >= 11 is 0. The first-order valence-electron chi connectivity index (χ1n) is 7.55. The summed E-state index contributed by atoms with van der Waals surface area (Å²) in [5, 5.41) is 13.5. The maximum atomic E-state index is 10.0. The number of unbranched alkanes of at least 4 members (excludes halogenated alkanes) is 3. The van der Waals surface area contributed by atoms with Gasteiger partial charge in [0.15, 0.2) is 0 Å². The molecule has 1 N–H and O–H groups in total. The zero-order valence-corrected chi connectivity index (χ0v) is 12.3. The van der Waals surface area contributed by atoms with Gasteiger partial charge in [0.05, 0.1) is 6.10 Å². The van der Waals surface area contributed by atoms with Crippen LogP contribution in [-0.4, -0.2) is 11.7 Å². The van der Waals surface area contributed by atoms with Crippen LogP contribution in [0, 0.1) is 0 Å². The Kier molecular flexibility index (Phi) is 8.52. The normalized spacial score (nSPS) is 11.9. The first kappa shape index (κ1) is 16.5. The molecule has 0 saturated carbocycles. The van der Waals surface area contributed by atoms with Gasteiger partial charge in [-0.05, 0) is 42.3 Å². The Morgan fingerprint density at radius 1 is 1.15 bits per heavy atom. The molecule has 0 heterocycles. The van der Waals surface area contributed by atoms with Gasteiger partial charge >= 0.3 is 0 Å². The molecule has 0 amide bonds. The summed E-state index contributed by atoms with van der Waals surface area (Å²) < 4.78 is 0. The lowest BCUT2D eigenvalue weighted by molar-refractivity contribution is 0.165. The molecule has 0 aromatic heterocycles. The van der Waals surface area contributed by atoms with E-state index in [9.17, 15) is 5.11 Å². The fourth-order valence-electron chi connectivity index (χ4n) is 2.23. The van der Waals surface area contributed by atoms with Crippen molar-refractivity contribution in [3.8, 4) is 0 Å². The molecule has 0 radical (unpaired) electrons. The smallest absolute Gasteiger partial charge is 0.0790 e. The third-order valence-electron chi connectivity index (χ3n) is 3.48. The van der Waals surface area contributed by atoms with Gasteiger partial charge in [-0.2, -0.15) is 0 Å². The Bertz CT molecular complexity index is 410. The summed E-state index contributed by atoms with van der Waals surface area (Å²) in [6.07, 6.45) is 7.11. The number of hydrogen-bond acceptors (Lipinski definition) is 2. The standard InChI is InChI=1S/C16H25N3O/c1-2-3-4-5-7-14-9-11-15(12-10-14)16(20)8-6-13-18-19-17/h9-12,16,20H,2-8,13H2,1H3. The summed E-state index contributed by atoms with van der Waals surface area (Å²) in [7, 11) is 0. The molecule has 0 fully saturated rings. The minimum absolute atomic E-state index is 0.447. The predicted octanol–water partition coefficient (Wildman–Crippen LogP) is 4.93. The summed E-state index contributed by atoms with van der Waals surface area (Å²) in [4.78, 5) is 2.70. The van der Waals surface area contributed by atoms with Gasteiger partial charge in [0.2, 0.25) is 0 Å². The van der Waals surface area contributed by atoms with E-state index in [4.69, 9.17) is 5.53 Å². The number of aliphatic hydroxyl groups is 1. The summed E-state index contributed by atoms with van der Waals surface area (Å²) in [5.41, 5.74) is 10.5. The molecule has 1 aromatic rings. The second-order valence-electron chi connectivity index (χ2n) is 5.16. The van der Waals surface area contributed by atoms with Gasteiger partial charge in [0.25, 0.3) is 0 Å². The van der Waals surface area contributed by atoms with Crippen LogP contribution in [0.15, 0.2) is 29.4 Å². The molecule has 1 rings (SSSR count). The third-order valence-corrected chi connectivity index (χ3v) is 3.48. The molecule has 0 aliphatic rings. The number of rotatable bonds is 10. The van der Waals surface area contributed by atoms with E-state index in [1.807, 2.05) is 12.1 Å². The summed E-state index contributed by atoms with van der Waals surface area (Å²) in [5.74, 6) is 0. The molecule has 1 atom stereocenters. The zero-order chi connectivity index (χ0) is 14.6. The fraction of sp³-hybridized carbons (Fsp3) is 0.625. The zero-order valence-electron chi connectivity index (χ0n) is 12.3. The molecule has 4 heteroatoms. The van der Waals surface area contributed by atoms with Crippen LogP contribution in [0.4, 0.5) is 0 Å². The van der Waals surface area contributed by atoms with Crippen molar-refractivity contribution >= 4 is 0 Å². The van der Waals surface area contributed by atoms with Crippen molar-refractivity contribution in [3.63, 3.8) is 0 Å². The first-order chi connectivity index (χ1) is 9.77. The lowest BCUT2D eigenvalue weighted by Crippen LogP contribution is -1.98. The molecule has 1 aromatic carbocycles. The Morgan fingerprint density at radius 2 is 1.90 bits per heavy atom. The van der Waals surface area contributed by atoms with Crippen molar-refractivity contribution in [2.75, 3.05) is 6.54 Å². The van der Waals surface area contributed by atoms with Crippen LogP contribution >= 0.6 is 0 Å². The third kappa shape index (κ3) is 6.60. The molecule has 0 bridgehead atoms. The predicted molar refractivity (Wildman–Crippen MR) is 82.5 cm³/mol. The fourth-order valence-corrected chi connectivity index (χ4v) is 2.23. The van der Waals surface area contributed by atoms with Gasteiger partial charge in [-0.25, -0.2) is 0 Å². The number of aryl methyl sites for hydroxylation is 1.